The number of nitrogens with zero attached hydrogens (tertiary/aromatic N) is 3. The van der Waals surface area contributed by atoms with Gasteiger partial charge in [0, 0.05) is 45.8 Å². The molecule has 0 fully saturated rings. The summed E-state index contributed by atoms with van der Waals surface area (Å²) >= 11 is 0. The van der Waals surface area contributed by atoms with Gasteiger partial charge in [-0.1, -0.05) is 0 Å². The van der Waals surface area contributed by atoms with Gasteiger partial charge in [0.2, 0.25) is 0 Å². The molecule has 0 unspecified atom stereocenters. The van der Waals surface area contributed by atoms with Crippen molar-refractivity contribution in [2.24, 2.45) is 0 Å². The number of rotatable bonds is 4. The van der Waals surface area contributed by atoms with Crippen LogP contribution >= 0.6 is 0 Å². The lowest BCUT2D eigenvalue weighted by molar-refractivity contribution is 0.0828. The maximum Gasteiger partial charge on any atom is 0.255 e. The molecule has 1 aromatic heterocycles. The van der Waals surface area contributed by atoms with Crippen LogP contribution in [0.3, 0.4) is 0 Å². The van der Waals surface area contributed by atoms with Crippen LogP contribution in [0, 0.1) is 0 Å². The van der Waals surface area contributed by atoms with Crippen molar-refractivity contribution >= 4 is 17.3 Å². The van der Waals surface area contributed by atoms with Crippen molar-refractivity contribution in [1.82, 2.24) is 9.88 Å². The lowest BCUT2D eigenvalue weighted by atomic mass is 10.1. The SMILES string of the molecule is CN(C)C(=O)c1ccc(N)cc1N(C)Cc1ccncc1. The van der Waals surface area contributed by atoms with E-state index >= 15 is 0 Å². The van der Waals surface area contributed by atoms with Crippen molar-refractivity contribution in [3.05, 3.63) is 53.9 Å². The molecule has 21 heavy (non-hydrogen) atoms. The fourth-order valence-corrected chi connectivity index (χ4v) is 2.13. The zero-order valence-electron chi connectivity index (χ0n) is 12.6. The molecule has 1 aromatic carbocycles. The summed E-state index contributed by atoms with van der Waals surface area (Å²) < 4.78 is 0. The number of benzene rings is 1. The molecule has 0 saturated carbocycles. The van der Waals surface area contributed by atoms with Crippen LogP contribution in [0.4, 0.5) is 11.4 Å². The molecule has 2 rings (SSSR count). The Morgan fingerprint density at radius 3 is 2.43 bits per heavy atom. The van der Waals surface area contributed by atoms with E-state index in [9.17, 15) is 4.79 Å². The minimum absolute atomic E-state index is 0.0356. The molecule has 0 aliphatic rings. The third kappa shape index (κ3) is 3.51. The van der Waals surface area contributed by atoms with Gasteiger partial charge in [-0.3, -0.25) is 9.78 Å². The lowest BCUT2D eigenvalue weighted by Crippen LogP contribution is -2.26. The van der Waals surface area contributed by atoms with Gasteiger partial charge < -0.3 is 15.5 Å². The number of carbonyl (C=O) groups is 1. The van der Waals surface area contributed by atoms with E-state index in [0.717, 1.165) is 11.3 Å². The van der Waals surface area contributed by atoms with Crippen molar-refractivity contribution in [2.45, 2.75) is 6.54 Å². The Morgan fingerprint density at radius 2 is 1.81 bits per heavy atom. The second-order valence-corrected chi connectivity index (χ2v) is 5.19. The Balaban J connectivity index is 2.33. The second-order valence-electron chi connectivity index (χ2n) is 5.19. The zero-order chi connectivity index (χ0) is 15.4. The molecule has 110 valence electrons. The van der Waals surface area contributed by atoms with Gasteiger partial charge in [-0.2, -0.15) is 0 Å². The fourth-order valence-electron chi connectivity index (χ4n) is 2.13. The number of nitrogens with two attached hydrogens (primary N) is 1. The summed E-state index contributed by atoms with van der Waals surface area (Å²) in [6.45, 7) is 0.680. The van der Waals surface area contributed by atoms with Crippen molar-refractivity contribution in [3.63, 3.8) is 0 Å². The van der Waals surface area contributed by atoms with E-state index in [1.165, 1.54) is 0 Å². The number of anilines is 2. The van der Waals surface area contributed by atoms with Gasteiger partial charge in [0.15, 0.2) is 0 Å². The Bertz CT molecular complexity index is 625. The molecule has 0 spiro atoms. The molecular formula is C16H20N4O. The van der Waals surface area contributed by atoms with Crippen LogP contribution in [0.25, 0.3) is 0 Å². The van der Waals surface area contributed by atoms with E-state index in [2.05, 4.69) is 4.98 Å². The van der Waals surface area contributed by atoms with Crippen LogP contribution in [-0.2, 0) is 6.54 Å². The van der Waals surface area contributed by atoms with Crippen LogP contribution in [0.15, 0.2) is 42.7 Å². The summed E-state index contributed by atoms with van der Waals surface area (Å²) in [7, 11) is 5.43. The summed E-state index contributed by atoms with van der Waals surface area (Å²) in [5.41, 5.74) is 9.11. The largest absolute Gasteiger partial charge is 0.399 e. The molecule has 2 aromatic rings. The van der Waals surface area contributed by atoms with Crippen LogP contribution < -0.4 is 10.6 Å². The second kappa shape index (κ2) is 6.26. The molecule has 0 saturated heterocycles. The van der Waals surface area contributed by atoms with Gasteiger partial charge in [0.1, 0.15) is 0 Å². The van der Waals surface area contributed by atoms with Gasteiger partial charge in [-0.25, -0.2) is 0 Å². The predicted molar refractivity (Wildman–Crippen MR) is 85.2 cm³/mol. The minimum Gasteiger partial charge on any atom is -0.399 e. The number of nitrogen functional groups attached to an aromatic ring is 1. The molecule has 0 aliphatic carbocycles. The molecule has 5 heteroatoms. The van der Waals surface area contributed by atoms with Crippen LogP contribution in [0.1, 0.15) is 15.9 Å². The zero-order valence-corrected chi connectivity index (χ0v) is 12.6. The van der Waals surface area contributed by atoms with E-state index < -0.39 is 0 Å². The Kier molecular flexibility index (Phi) is 4.42. The molecule has 5 nitrogen and oxygen atoms in total. The maximum atomic E-state index is 12.3. The monoisotopic (exact) mass is 284 g/mol. The topological polar surface area (TPSA) is 62.5 Å². The first-order valence-electron chi connectivity index (χ1n) is 6.70. The van der Waals surface area contributed by atoms with Crippen molar-refractivity contribution in [3.8, 4) is 0 Å². The quantitative estimate of drug-likeness (QED) is 0.872. The lowest BCUT2D eigenvalue weighted by Gasteiger charge is -2.24. The molecule has 0 aliphatic heterocycles. The van der Waals surface area contributed by atoms with Crippen LogP contribution in [-0.4, -0.2) is 36.9 Å². The first-order chi connectivity index (χ1) is 9.99. The first kappa shape index (κ1) is 14.8. The number of amides is 1. The Morgan fingerprint density at radius 1 is 1.14 bits per heavy atom. The number of hydrogen-bond acceptors (Lipinski definition) is 4. The summed E-state index contributed by atoms with van der Waals surface area (Å²) in [6.07, 6.45) is 3.52. The van der Waals surface area contributed by atoms with Crippen LogP contribution in [0.5, 0.6) is 0 Å². The van der Waals surface area contributed by atoms with Gasteiger partial charge in [-0.05, 0) is 35.9 Å². The van der Waals surface area contributed by atoms with E-state index in [-0.39, 0.29) is 5.91 Å². The molecule has 0 atom stereocenters. The van der Waals surface area contributed by atoms with E-state index in [1.807, 2.05) is 30.1 Å². The highest BCUT2D eigenvalue weighted by molar-refractivity contribution is 6.00. The van der Waals surface area contributed by atoms with Gasteiger partial charge in [0.25, 0.3) is 5.91 Å². The molecular weight excluding hydrogens is 264 g/mol. The average Bonchev–Trinajstić information content (AvgIpc) is 2.47. The highest BCUT2D eigenvalue weighted by atomic mass is 16.2. The molecule has 0 radical (unpaired) electrons. The highest BCUT2D eigenvalue weighted by Gasteiger charge is 2.16. The third-order valence-corrected chi connectivity index (χ3v) is 3.24. The number of hydrogen-bond donors (Lipinski definition) is 1. The molecule has 2 N–H and O–H groups in total. The number of aromatic nitrogens is 1. The average molecular weight is 284 g/mol. The smallest absolute Gasteiger partial charge is 0.255 e. The van der Waals surface area contributed by atoms with Gasteiger partial charge in [-0.15, -0.1) is 0 Å². The highest BCUT2D eigenvalue weighted by Crippen LogP contribution is 2.25. The predicted octanol–water partition coefficient (Wildman–Crippen LogP) is 2.00. The van der Waals surface area contributed by atoms with Crippen molar-refractivity contribution in [2.75, 3.05) is 31.8 Å². The van der Waals surface area contributed by atoms with Gasteiger partial charge in [0.05, 0.1) is 11.3 Å². The molecule has 1 amide bonds. The maximum absolute atomic E-state index is 12.3. The fraction of sp³-hybridized carbons (Fsp3) is 0.250. The van der Waals surface area contributed by atoms with Crippen molar-refractivity contribution < 1.29 is 4.79 Å². The van der Waals surface area contributed by atoms with Crippen LogP contribution in [0.2, 0.25) is 0 Å². The van der Waals surface area contributed by atoms with Crippen molar-refractivity contribution in [1.29, 1.82) is 0 Å². The first-order valence-corrected chi connectivity index (χ1v) is 6.70. The van der Waals surface area contributed by atoms with E-state index in [1.54, 1.807) is 43.5 Å². The summed E-state index contributed by atoms with van der Waals surface area (Å²) in [4.78, 5) is 19.9. The van der Waals surface area contributed by atoms with E-state index in [4.69, 9.17) is 5.73 Å². The number of carbonyl (C=O) groups excluding carboxylic acids is 1. The summed E-state index contributed by atoms with van der Waals surface area (Å²) in [6, 6.07) is 9.26. The number of pyridine rings is 1. The van der Waals surface area contributed by atoms with E-state index in [0.29, 0.717) is 17.8 Å². The normalized spacial score (nSPS) is 10.2. The Labute approximate surface area is 125 Å². The molecule has 0 bridgehead atoms. The molecule has 1 heterocycles. The Hall–Kier alpha value is -2.56. The minimum atomic E-state index is -0.0356. The standard InChI is InChI=1S/C16H20N4O/c1-19(2)16(21)14-5-4-13(17)10-15(14)20(3)11-12-6-8-18-9-7-12/h4-10H,11,17H2,1-3H3. The summed E-state index contributed by atoms with van der Waals surface area (Å²) in [5, 5.41) is 0. The van der Waals surface area contributed by atoms with Gasteiger partial charge >= 0.3 is 0 Å². The summed E-state index contributed by atoms with van der Waals surface area (Å²) in [5.74, 6) is -0.0356. The third-order valence-electron chi connectivity index (χ3n) is 3.24.